The van der Waals surface area contributed by atoms with E-state index in [0.29, 0.717) is 18.4 Å². The second-order valence-electron chi connectivity index (χ2n) is 3.55. The quantitative estimate of drug-likeness (QED) is 0.590. The highest BCUT2D eigenvalue weighted by Crippen LogP contribution is 2.22. The molecule has 0 unspecified atom stereocenters. The minimum absolute atomic E-state index is 0.586. The topological polar surface area (TPSA) is 47.0 Å². The van der Waals surface area contributed by atoms with Gasteiger partial charge in [0.2, 0.25) is 11.8 Å². The molecule has 0 spiro atoms. The number of allylic oxidation sites excluding steroid dienone is 1. The molecule has 1 heterocycles. The van der Waals surface area contributed by atoms with Gasteiger partial charge in [0.15, 0.2) is 0 Å². The van der Waals surface area contributed by atoms with E-state index >= 15 is 0 Å². The second-order valence-corrected chi connectivity index (χ2v) is 4.41. The van der Waals surface area contributed by atoms with Crippen LogP contribution < -0.4 is 10.1 Å². The third-order valence-corrected chi connectivity index (χ3v) is 2.58. The zero-order valence-electron chi connectivity index (χ0n) is 10.1. The van der Waals surface area contributed by atoms with Gasteiger partial charge in [-0.25, -0.2) is 4.98 Å². The molecule has 0 saturated heterocycles. The van der Waals surface area contributed by atoms with Gasteiger partial charge in [0.1, 0.15) is 0 Å². The average Bonchev–Trinajstić information content (AvgIpc) is 2.35. The van der Waals surface area contributed by atoms with Crippen molar-refractivity contribution in [3.63, 3.8) is 0 Å². The SMILES string of the molecule is C=CCCCOc1nc(NCCC)ncc1Br. The number of halogens is 1. The largest absolute Gasteiger partial charge is 0.477 e. The van der Waals surface area contributed by atoms with Gasteiger partial charge in [-0.2, -0.15) is 4.98 Å². The lowest BCUT2D eigenvalue weighted by Crippen LogP contribution is -2.06. The van der Waals surface area contributed by atoms with Crippen molar-refractivity contribution in [2.24, 2.45) is 0 Å². The van der Waals surface area contributed by atoms with Gasteiger partial charge < -0.3 is 10.1 Å². The fraction of sp³-hybridized carbons (Fsp3) is 0.500. The van der Waals surface area contributed by atoms with E-state index in [1.54, 1.807) is 6.20 Å². The minimum Gasteiger partial charge on any atom is -0.477 e. The molecule has 0 aromatic carbocycles. The van der Waals surface area contributed by atoms with Crippen LogP contribution in [0.15, 0.2) is 23.3 Å². The number of ether oxygens (including phenoxy) is 1. The van der Waals surface area contributed by atoms with Gasteiger partial charge in [0, 0.05) is 6.54 Å². The molecule has 0 aliphatic heterocycles. The Bertz CT molecular complexity index is 358. The lowest BCUT2D eigenvalue weighted by molar-refractivity contribution is 0.298. The van der Waals surface area contributed by atoms with Crippen LogP contribution in [0.2, 0.25) is 0 Å². The average molecular weight is 300 g/mol. The molecule has 1 N–H and O–H groups in total. The van der Waals surface area contributed by atoms with Crippen LogP contribution >= 0.6 is 15.9 Å². The van der Waals surface area contributed by atoms with Crippen molar-refractivity contribution < 1.29 is 4.74 Å². The molecule has 1 rings (SSSR count). The Morgan fingerprint density at radius 3 is 3.12 bits per heavy atom. The van der Waals surface area contributed by atoms with Gasteiger partial charge in [-0.3, -0.25) is 0 Å². The maximum absolute atomic E-state index is 5.57. The highest BCUT2D eigenvalue weighted by molar-refractivity contribution is 9.10. The monoisotopic (exact) mass is 299 g/mol. The lowest BCUT2D eigenvalue weighted by Gasteiger charge is -2.08. The van der Waals surface area contributed by atoms with E-state index in [1.807, 2.05) is 6.08 Å². The summed E-state index contributed by atoms with van der Waals surface area (Å²) in [7, 11) is 0. The fourth-order valence-corrected chi connectivity index (χ4v) is 1.48. The van der Waals surface area contributed by atoms with E-state index in [1.165, 1.54) is 0 Å². The van der Waals surface area contributed by atoms with Crippen LogP contribution in [0, 0.1) is 0 Å². The molecule has 1 aromatic heterocycles. The fourth-order valence-electron chi connectivity index (χ4n) is 1.17. The van der Waals surface area contributed by atoms with Crippen molar-refractivity contribution in [2.45, 2.75) is 26.2 Å². The van der Waals surface area contributed by atoms with Crippen LogP contribution in [0.4, 0.5) is 5.95 Å². The van der Waals surface area contributed by atoms with E-state index in [4.69, 9.17) is 4.74 Å². The Morgan fingerprint density at radius 1 is 1.59 bits per heavy atom. The number of anilines is 1. The maximum Gasteiger partial charge on any atom is 0.232 e. The predicted octanol–water partition coefficient (Wildman–Crippen LogP) is 3.41. The van der Waals surface area contributed by atoms with Crippen molar-refractivity contribution in [1.29, 1.82) is 0 Å². The van der Waals surface area contributed by atoms with Crippen LogP contribution in [0.25, 0.3) is 0 Å². The number of unbranched alkanes of at least 4 members (excludes halogenated alkanes) is 1. The van der Waals surface area contributed by atoms with Crippen LogP contribution in [-0.2, 0) is 0 Å². The molecule has 0 atom stereocenters. The molecular formula is C12H18BrN3O. The first kappa shape index (κ1) is 14.0. The Hall–Kier alpha value is -1.10. The number of nitrogens with zero attached hydrogens (tertiary/aromatic N) is 2. The first-order valence-corrected chi connectivity index (χ1v) is 6.57. The molecule has 0 fully saturated rings. The van der Waals surface area contributed by atoms with Gasteiger partial charge in [-0.1, -0.05) is 13.0 Å². The molecule has 1 aromatic rings. The van der Waals surface area contributed by atoms with Gasteiger partial charge in [0.25, 0.3) is 0 Å². The maximum atomic E-state index is 5.57. The second kappa shape index (κ2) is 8.06. The Labute approximate surface area is 111 Å². The molecule has 17 heavy (non-hydrogen) atoms. The summed E-state index contributed by atoms with van der Waals surface area (Å²) in [6.07, 6.45) is 6.51. The van der Waals surface area contributed by atoms with E-state index < -0.39 is 0 Å². The van der Waals surface area contributed by atoms with E-state index in [-0.39, 0.29) is 0 Å². The summed E-state index contributed by atoms with van der Waals surface area (Å²) >= 11 is 3.37. The van der Waals surface area contributed by atoms with Crippen LogP contribution in [0.1, 0.15) is 26.2 Å². The summed E-state index contributed by atoms with van der Waals surface area (Å²) in [5, 5.41) is 3.12. The molecule has 0 radical (unpaired) electrons. The van der Waals surface area contributed by atoms with Crippen LogP contribution in [0.5, 0.6) is 5.88 Å². The van der Waals surface area contributed by atoms with Crippen molar-refractivity contribution in [1.82, 2.24) is 9.97 Å². The third kappa shape index (κ3) is 5.17. The van der Waals surface area contributed by atoms with Gasteiger partial charge in [-0.15, -0.1) is 6.58 Å². The summed E-state index contributed by atoms with van der Waals surface area (Å²) in [6.45, 7) is 7.26. The molecule has 0 aliphatic carbocycles. The molecule has 0 aliphatic rings. The first-order chi connectivity index (χ1) is 8.27. The Balaban J connectivity index is 2.53. The molecular weight excluding hydrogens is 282 g/mol. The summed E-state index contributed by atoms with van der Waals surface area (Å²) in [5.41, 5.74) is 0. The standard InChI is InChI=1S/C12H18BrN3O/c1-3-5-6-8-17-11-10(13)9-15-12(16-11)14-7-4-2/h3,9H,1,4-8H2,2H3,(H,14,15,16). The van der Waals surface area contributed by atoms with Gasteiger partial charge in [-0.05, 0) is 35.2 Å². The van der Waals surface area contributed by atoms with Crippen molar-refractivity contribution in [3.05, 3.63) is 23.3 Å². The lowest BCUT2D eigenvalue weighted by atomic mass is 10.3. The van der Waals surface area contributed by atoms with Crippen molar-refractivity contribution >= 4 is 21.9 Å². The van der Waals surface area contributed by atoms with Crippen molar-refractivity contribution in [3.8, 4) is 5.88 Å². The molecule has 4 nitrogen and oxygen atoms in total. The van der Waals surface area contributed by atoms with E-state index in [9.17, 15) is 0 Å². The highest BCUT2D eigenvalue weighted by Gasteiger charge is 2.05. The van der Waals surface area contributed by atoms with Crippen LogP contribution in [-0.4, -0.2) is 23.1 Å². The minimum atomic E-state index is 0.586. The Kier molecular flexibility index (Phi) is 6.62. The summed E-state index contributed by atoms with van der Waals surface area (Å²) in [4.78, 5) is 8.45. The number of nitrogens with one attached hydrogen (secondary N) is 1. The van der Waals surface area contributed by atoms with E-state index in [2.05, 4.69) is 44.7 Å². The summed E-state index contributed by atoms with van der Waals surface area (Å²) in [6, 6.07) is 0. The van der Waals surface area contributed by atoms with Gasteiger partial charge >= 0.3 is 0 Å². The molecule has 5 heteroatoms. The third-order valence-electron chi connectivity index (χ3n) is 2.04. The van der Waals surface area contributed by atoms with E-state index in [0.717, 1.165) is 30.3 Å². The zero-order valence-corrected chi connectivity index (χ0v) is 11.7. The molecule has 0 amide bonds. The number of aromatic nitrogens is 2. The number of rotatable bonds is 8. The normalized spacial score (nSPS) is 10.0. The number of hydrogen-bond donors (Lipinski definition) is 1. The molecule has 0 saturated carbocycles. The highest BCUT2D eigenvalue weighted by atomic mass is 79.9. The van der Waals surface area contributed by atoms with Gasteiger partial charge in [0.05, 0.1) is 17.3 Å². The zero-order chi connectivity index (χ0) is 12.5. The molecule has 0 bridgehead atoms. The van der Waals surface area contributed by atoms with Crippen LogP contribution in [0.3, 0.4) is 0 Å². The molecule has 94 valence electrons. The number of hydrogen-bond acceptors (Lipinski definition) is 4. The Morgan fingerprint density at radius 2 is 2.41 bits per heavy atom. The summed E-state index contributed by atoms with van der Waals surface area (Å²) < 4.78 is 6.35. The summed E-state index contributed by atoms with van der Waals surface area (Å²) in [5.74, 6) is 1.19. The smallest absolute Gasteiger partial charge is 0.232 e. The predicted molar refractivity (Wildman–Crippen MR) is 73.4 cm³/mol. The first-order valence-electron chi connectivity index (χ1n) is 5.78. The van der Waals surface area contributed by atoms with Crippen molar-refractivity contribution in [2.75, 3.05) is 18.5 Å².